The molecule has 0 saturated carbocycles. The Morgan fingerprint density at radius 3 is 2.95 bits per heavy atom. The molecule has 106 valence electrons. The molecule has 1 amide bonds. The number of nitrogens with one attached hydrogen (secondary N) is 1. The molecule has 1 atom stereocenters. The standard InChI is InChI=1S/C14H16ClN3O2/c1-9(8-19)17-14(20)13-7-16-18(10(13)2)12-5-3-4-11(15)6-12/h3-7,9,19H,8H2,1-2H3,(H,17,20). The number of carbonyl (C=O) groups is 1. The Bertz CT molecular complexity index is 625. The lowest BCUT2D eigenvalue weighted by atomic mass is 10.2. The van der Waals surface area contributed by atoms with Crippen LogP contribution < -0.4 is 5.32 Å². The number of aliphatic hydroxyl groups is 1. The van der Waals surface area contributed by atoms with E-state index in [0.29, 0.717) is 10.6 Å². The van der Waals surface area contributed by atoms with Crippen LogP contribution in [-0.2, 0) is 0 Å². The quantitative estimate of drug-likeness (QED) is 0.905. The number of hydrogen-bond donors (Lipinski definition) is 2. The maximum Gasteiger partial charge on any atom is 0.255 e. The Balaban J connectivity index is 2.29. The van der Waals surface area contributed by atoms with Gasteiger partial charge in [0.25, 0.3) is 5.91 Å². The number of carbonyl (C=O) groups excluding carboxylic acids is 1. The van der Waals surface area contributed by atoms with E-state index in [2.05, 4.69) is 10.4 Å². The van der Waals surface area contributed by atoms with E-state index in [1.165, 1.54) is 6.20 Å². The maximum absolute atomic E-state index is 12.0. The fourth-order valence-electron chi connectivity index (χ4n) is 1.85. The highest BCUT2D eigenvalue weighted by Gasteiger charge is 2.16. The molecule has 0 aliphatic rings. The Labute approximate surface area is 122 Å². The Kier molecular flexibility index (Phi) is 4.42. The lowest BCUT2D eigenvalue weighted by Gasteiger charge is -2.10. The van der Waals surface area contributed by atoms with Crippen molar-refractivity contribution in [3.63, 3.8) is 0 Å². The van der Waals surface area contributed by atoms with Gasteiger partial charge in [-0.25, -0.2) is 4.68 Å². The minimum Gasteiger partial charge on any atom is -0.394 e. The van der Waals surface area contributed by atoms with Gasteiger partial charge in [0.2, 0.25) is 0 Å². The van der Waals surface area contributed by atoms with Crippen LogP contribution in [0, 0.1) is 6.92 Å². The summed E-state index contributed by atoms with van der Waals surface area (Å²) in [5.41, 5.74) is 1.99. The van der Waals surface area contributed by atoms with Gasteiger partial charge in [-0.2, -0.15) is 5.10 Å². The Hall–Kier alpha value is -1.85. The second-order valence-electron chi connectivity index (χ2n) is 4.59. The SMILES string of the molecule is Cc1c(C(=O)NC(C)CO)cnn1-c1cccc(Cl)c1. The van der Waals surface area contributed by atoms with Crippen LogP contribution in [-0.4, -0.2) is 33.4 Å². The van der Waals surface area contributed by atoms with Gasteiger partial charge in [0.05, 0.1) is 29.7 Å². The summed E-state index contributed by atoms with van der Waals surface area (Å²) >= 11 is 5.96. The molecule has 1 aromatic carbocycles. The first-order valence-corrected chi connectivity index (χ1v) is 6.63. The van der Waals surface area contributed by atoms with E-state index in [4.69, 9.17) is 16.7 Å². The van der Waals surface area contributed by atoms with Gasteiger partial charge in [0.1, 0.15) is 0 Å². The van der Waals surface area contributed by atoms with E-state index in [1.807, 2.05) is 19.1 Å². The number of nitrogens with zero attached hydrogens (tertiary/aromatic N) is 2. The predicted octanol–water partition coefficient (Wildman–Crippen LogP) is 1.94. The molecule has 0 aliphatic carbocycles. The van der Waals surface area contributed by atoms with Crippen molar-refractivity contribution in [3.8, 4) is 5.69 Å². The summed E-state index contributed by atoms with van der Waals surface area (Å²) < 4.78 is 1.66. The Morgan fingerprint density at radius 1 is 1.55 bits per heavy atom. The fourth-order valence-corrected chi connectivity index (χ4v) is 2.03. The van der Waals surface area contributed by atoms with Gasteiger partial charge >= 0.3 is 0 Å². The molecule has 20 heavy (non-hydrogen) atoms. The van der Waals surface area contributed by atoms with Gasteiger partial charge in [0, 0.05) is 11.1 Å². The molecule has 6 heteroatoms. The van der Waals surface area contributed by atoms with Crippen molar-refractivity contribution < 1.29 is 9.90 Å². The van der Waals surface area contributed by atoms with Crippen LogP contribution in [0.5, 0.6) is 0 Å². The van der Waals surface area contributed by atoms with Gasteiger partial charge in [-0.05, 0) is 32.0 Å². The number of amides is 1. The monoisotopic (exact) mass is 293 g/mol. The highest BCUT2D eigenvalue weighted by Crippen LogP contribution is 2.17. The summed E-state index contributed by atoms with van der Waals surface area (Å²) in [7, 11) is 0. The van der Waals surface area contributed by atoms with E-state index >= 15 is 0 Å². The van der Waals surface area contributed by atoms with Gasteiger partial charge < -0.3 is 10.4 Å². The Morgan fingerprint density at radius 2 is 2.30 bits per heavy atom. The highest BCUT2D eigenvalue weighted by atomic mass is 35.5. The average molecular weight is 294 g/mol. The summed E-state index contributed by atoms with van der Waals surface area (Å²) in [5.74, 6) is -0.252. The molecule has 1 aromatic heterocycles. The molecular weight excluding hydrogens is 278 g/mol. The number of aliphatic hydroxyl groups excluding tert-OH is 1. The number of benzene rings is 1. The molecule has 0 spiro atoms. The zero-order valence-corrected chi connectivity index (χ0v) is 12.1. The first-order chi connectivity index (χ1) is 9.52. The summed E-state index contributed by atoms with van der Waals surface area (Å²) in [6.45, 7) is 3.44. The van der Waals surface area contributed by atoms with E-state index in [-0.39, 0.29) is 18.6 Å². The van der Waals surface area contributed by atoms with Gasteiger partial charge in [-0.1, -0.05) is 17.7 Å². The first-order valence-electron chi connectivity index (χ1n) is 6.25. The lowest BCUT2D eigenvalue weighted by Crippen LogP contribution is -2.35. The summed E-state index contributed by atoms with van der Waals surface area (Å²) in [6.07, 6.45) is 1.51. The first kappa shape index (κ1) is 14.6. The lowest BCUT2D eigenvalue weighted by molar-refractivity contribution is 0.0921. The topological polar surface area (TPSA) is 67.2 Å². The molecule has 0 bridgehead atoms. The van der Waals surface area contributed by atoms with Crippen molar-refractivity contribution in [1.29, 1.82) is 0 Å². The minimum atomic E-state index is -0.295. The molecule has 5 nitrogen and oxygen atoms in total. The zero-order valence-electron chi connectivity index (χ0n) is 11.3. The van der Waals surface area contributed by atoms with Crippen LogP contribution in [0.2, 0.25) is 5.02 Å². The van der Waals surface area contributed by atoms with Crippen molar-refractivity contribution in [1.82, 2.24) is 15.1 Å². The van der Waals surface area contributed by atoms with E-state index in [1.54, 1.807) is 23.7 Å². The number of aromatic nitrogens is 2. The molecule has 2 N–H and O–H groups in total. The van der Waals surface area contributed by atoms with Crippen LogP contribution in [0.25, 0.3) is 5.69 Å². The van der Waals surface area contributed by atoms with E-state index < -0.39 is 0 Å². The molecule has 2 rings (SSSR count). The van der Waals surface area contributed by atoms with Crippen LogP contribution in [0.1, 0.15) is 23.0 Å². The second kappa shape index (κ2) is 6.07. The molecular formula is C14H16ClN3O2. The van der Waals surface area contributed by atoms with Gasteiger partial charge in [-0.15, -0.1) is 0 Å². The molecule has 0 saturated heterocycles. The third kappa shape index (κ3) is 3.00. The smallest absolute Gasteiger partial charge is 0.255 e. The van der Waals surface area contributed by atoms with Crippen molar-refractivity contribution in [2.75, 3.05) is 6.61 Å². The third-order valence-corrected chi connectivity index (χ3v) is 3.19. The maximum atomic E-state index is 12.0. The van der Waals surface area contributed by atoms with Crippen molar-refractivity contribution in [3.05, 3.63) is 46.7 Å². The summed E-state index contributed by atoms with van der Waals surface area (Å²) in [6, 6.07) is 6.95. The molecule has 2 aromatic rings. The van der Waals surface area contributed by atoms with Crippen molar-refractivity contribution in [2.45, 2.75) is 19.9 Å². The third-order valence-electron chi connectivity index (χ3n) is 2.96. The molecule has 1 heterocycles. The number of halogens is 1. The van der Waals surface area contributed by atoms with Crippen LogP contribution in [0.15, 0.2) is 30.5 Å². The fraction of sp³-hybridized carbons (Fsp3) is 0.286. The number of hydrogen-bond acceptors (Lipinski definition) is 3. The summed E-state index contributed by atoms with van der Waals surface area (Å²) in [5, 5.41) is 16.5. The second-order valence-corrected chi connectivity index (χ2v) is 5.03. The van der Waals surface area contributed by atoms with Crippen molar-refractivity contribution >= 4 is 17.5 Å². The van der Waals surface area contributed by atoms with Gasteiger partial charge in [0.15, 0.2) is 0 Å². The van der Waals surface area contributed by atoms with Crippen LogP contribution in [0.3, 0.4) is 0 Å². The minimum absolute atomic E-state index is 0.104. The molecule has 1 unspecified atom stereocenters. The largest absolute Gasteiger partial charge is 0.394 e. The number of rotatable bonds is 4. The average Bonchev–Trinajstić information content (AvgIpc) is 2.80. The van der Waals surface area contributed by atoms with Crippen LogP contribution >= 0.6 is 11.6 Å². The van der Waals surface area contributed by atoms with E-state index in [9.17, 15) is 4.79 Å². The summed E-state index contributed by atoms with van der Waals surface area (Å²) in [4.78, 5) is 12.0. The predicted molar refractivity (Wildman–Crippen MR) is 77.3 cm³/mol. The molecule has 0 fully saturated rings. The highest BCUT2D eigenvalue weighted by molar-refractivity contribution is 6.30. The molecule has 0 radical (unpaired) electrons. The molecule has 0 aliphatic heterocycles. The van der Waals surface area contributed by atoms with E-state index in [0.717, 1.165) is 11.4 Å². The van der Waals surface area contributed by atoms with Crippen molar-refractivity contribution in [2.24, 2.45) is 0 Å². The zero-order chi connectivity index (χ0) is 14.7. The van der Waals surface area contributed by atoms with Gasteiger partial charge in [-0.3, -0.25) is 4.79 Å². The van der Waals surface area contributed by atoms with Crippen LogP contribution in [0.4, 0.5) is 0 Å². The normalized spacial score (nSPS) is 12.2.